The molecule has 156 valence electrons. The number of nitrogens with two attached hydrogens (primary N) is 1. The molecule has 1 amide bonds. The molecule has 0 aliphatic carbocycles. The molecule has 0 spiro atoms. The van der Waals surface area contributed by atoms with E-state index in [0.717, 1.165) is 66.0 Å². The number of thiophene rings is 1. The predicted molar refractivity (Wildman–Crippen MR) is 124 cm³/mol. The van der Waals surface area contributed by atoms with E-state index in [1.807, 2.05) is 23.1 Å². The van der Waals surface area contributed by atoms with Crippen LogP contribution in [0, 0.1) is 0 Å². The van der Waals surface area contributed by atoms with Crippen molar-refractivity contribution in [3.8, 4) is 0 Å². The molecule has 30 heavy (non-hydrogen) atoms. The Morgan fingerprint density at radius 2 is 1.73 bits per heavy atom. The molecule has 2 N–H and O–H groups in total. The zero-order valence-electron chi connectivity index (χ0n) is 16.8. The Labute approximate surface area is 184 Å². The number of thioether (sulfide) groups is 1. The number of aromatic nitrogens is 2. The average molecular weight is 440 g/mol. The lowest BCUT2D eigenvalue weighted by atomic mass is 10.2. The van der Waals surface area contributed by atoms with E-state index in [1.54, 1.807) is 11.8 Å². The summed E-state index contributed by atoms with van der Waals surface area (Å²) in [5, 5.41) is 1.71. The zero-order valence-corrected chi connectivity index (χ0v) is 18.5. The lowest BCUT2D eigenvalue weighted by molar-refractivity contribution is 0.0798. The maximum atomic E-state index is 13.1. The number of benzene rings is 1. The number of carbonyl (C=O) groups is 1. The lowest BCUT2D eigenvalue weighted by Gasteiger charge is -2.16. The van der Waals surface area contributed by atoms with Crippen molar-refractivity contribution in [2.75, 3.05) is 36.8 Å². The molecule has 8 heteroatoms. The topological polar surface area (TPSA) is 75.4 Å². The number of nitrogens with zero attached hydrogens (tertiary/aromatic N) is 4. The van der Waals surface area contributed by atoms with Crippen LogP contribution < -0.4 is 10.6 Å². The van der Waals surface area contributed by atoms with E-state index in [4.69, 9.17) is 15.7 Å². The summed E-state index contributed by atoms with van der Waals surface area (Å²) in [6.45, 7) is 3.59. The van der Waals surface area contributed by atoms with Crippen LogP contribution in [-0.4, -0.2) is 47.0 Å². The SMILES string of the molecule is Nc1c(C(=O)N2CCCC2)sc2nc(N3CCCC3)nc(SCc3ccccc3)c12. The molecule has 5 rings (SSSR count). The monoisotopic (exact) mass is 439 g/mol. The number of rotatable bonds is 5. The summed E-state index contributed by atoms with van der Waals surface area (Å²) in [7, 11) is 0. The Morgan fingerprint density at radius 3 is 2.47 bits per heavy atom. The largest absolute Gasteiger partial charge is 0.397 e. The fourth-order valence-corrected chi connectivity index (χ4v) is 6.21. The first-order valence-corrected chi connectivity index (χ1v) is 12.3. The molecule has 6 nitrogen and oxygen atoms in total. The Bertz CT molecular complexity index is 1060. The molecule has 0 bridgehead atoms. The third kappa shape index (κ3) is 3.74. The van der Waals surface area contributed by atoms with Gasteiger partial charge >= 0.3 is 0 Å². The summed E-state index contributed by atoms with van der Waals surface area (Å²) in [6.07, 6.45) is 4.46. The van der Waals surface area contributed by atoms with Crippen LogP contribution >= 0.6 is 23.1 Å². The Morgan fingerprint density at radius 1 is 1.03 bits per heavy atom. The highest BCUT2D eigenvalue weighted by molar-refractivity contribution is 7.98. The summed E-state index contributed by atoms with van der Waals surface area (Å²) in [4.78, 5) is 28.4. The molecule has 2 fully saturated rings. The molecule has 0 unspecified atom stereocenters. The number of fused-ring (bicyclic) bond motifs is 1. The Hall–Kier alpha value is -2.32. The van der Waals surface area contributed by atoms with Crippen molar-refractivity contribution in [1.82, 2.24) is 14.9 Å². The minimum Gasteiger partial charge on any atom is -0.397 e. The van der Waals surface area contributed by atoms with Gasteiger partial charge in [0.2, 0.25) is 5.95 Å². The predicted octanol–water partition coefficient (Wildman–Crippen LogP) is 4.40. The second-order valence-corrected chi connectivity index (χ2v) is 9.78. The number of carbonyl (C=O) groups excluding carboxylic acids is 1. The van der Waals surface area contributed by atoms with Crippen LogP contribution in [0.15, 0.2) is 35.4 Å². The van der Waals surface area contributed by atoms with Crippen LogP contribution in [0.5, 0.6) is 0 Å². The first kappa shape index (κ1) is 19.6. The molecule has 2 aliphatic rings. The van der Waals surface area contributed by atoms with Crippen LogP contribution in [0.4, 0.5) is 11.6 Å². The average Bonchev–Trinajstić information content (AvgIpc) is 3.54. The van der Waals surface area contributed by atoms with Crippen LogP contribution in [0.25, 0.3) is 10.2 Å². The third-order valence-electron chi connectivity index (χ3n) is 5.74. The molecule has 3 aromatic rings. The lowest BCUT2D eigenvalue weighted by Crippen LogP contribution is -2.27. The highest BCUT2D eigenvalue weighted by Crippen LogP contribution is 2.41. The Kier molecular flexibility index (Phi) is 5.52. The molecule has 2 saturated heterocycles. The van der Waals surface area contributed by atoms with Crippen molar-refractivity contribution in [1.29, 1.82) is 0 Å². The van der Waals surface area contributed by atoms with E-state index in [9.17, 15) is 4.79 Å². The van der Waals surface area contributed by atoms with Crippen LogP contribution in [0.1, 0.15) is 40.9 Å². The van der Waals surface area contributed by atoms with Gasteiger partial charge in [-0.2, -0.15) is 0 Å². The first-order chi connectivity index (χ1) is 14.7. The molecule has 0 saturated carbocycles. The highest BCUT2D eigenvalue weighted by Gasteiger charge is 2.27. The van der Waals surface area contributed by atoms with Gasteiger partial charge in [0.05, 0.1) is 11.1 Å². The van der Waals surface area contributed by atoms with Gasteiger partial charge in [-0.05, 0) is 31.2 Å². The Balaban J connectivity index is 1.55. The summed E-state index contributed by atoms with van der Waals surface area (Å²) in [5.41, 5.74) is 8.31. The summed E-state index contributed by atoms with van der Waals surface area (Å²) < 4.78 is 0. The second-order valence-electron chi connectivity index (χ2n) is 7.82. The van der Waals surface area contributed by atoms with Crippen LogP contribution in [0.3, 0.4) is 0 Å². The minimum absolute atomic E-state index is 0.0368. The van der Waals surface area contributed by atoms with Crippen LogP contribution in [0.2, 0.25) is 0 Å². The minimum atomic E-state index is 0.0368. The van der Waals surface area contributed by atoms with Gasteiger partial charge in [-0.25, -0.2) is 9.97 Å². The molecule has 2 aliphatic heterocycles. The number of hydrogen-bond donors (Lipinski definition) is 1. The second kappa shape index (κ2) is 8.43. The van der Waals surface area contributed by atoms with E-state index in [2.05, 4.69) is 17.0 Å². The van der Waals surface area contributed by atoms with E-state index in [1.165, 1.54) is 29.7 Å². The van der Waals surface area contributed by atoms with E-state index >= 15 is 0 Å². The fraction of sp³-hybridized carbons (Fsp3) is 0.409. The smallest absolute Gasteiger partial charge is 0.266 e. The van der Waals surface area contributed by atoms with Crippen molar-refractivity contribution in [2.24, 2.45) is 0 Å². The molecule has 0 radical (unpaired) electrons. The van der Waals surface area contributed by atoms with Crippen molar-refractivity contribution < 1.29 is 4.79 Å². The number of nitrogen functional groups attached to an aromatic ring is 1. The van der Waals surface area contributed by atoms with Gasteiger partial charge in [0.15, 0.2) is 0 Å². The quantitative estimate of drug-likeness (QED) is 0.469. The number of likely N-dealkylation sites (tertiary alicyclic amines) is 1. The first-order valence-electron chi connectivity index (χ1n) is 10.5. The molecule has 4 heterocycles. The van der Waals surface area contributed by atoms with Gasteiger partial charge in [-0.15, -0.1) is 23.1 Å². The normalized spacial score (nSPS) is 16.7. The number of hydrogen-bond acceptors (Lipinski definition) is 7. The van der Waals surface area contributed by atoms with Crippen molar-refractivity contribution in [3.05, 3.63) is 40.8 Å². The van der Waals surface area contributed by atoms with Gasteiger partial charge in [0, 0.05) is 31.9 Å². The third-order valence-corrected chi connectivity index (χ3v) is 7.87. The zero-order chi connectivity index (χ0) is 20.5. The van der Waals surface area contributed by atoms with Gasteiger partial charge < -0.3 is 15.5 Å². The molecule has 2 aromatic heterocycles. The molecular weight excluding hydrogens is 414 g/mol. The van der Waals surface area contributed by atoms with Crippen molar-refractivity contribution in [2.45, 2.75) is 36.5 Å². The van der Waals surface area contributed by atoms with E-state index in [0.29, 0.717) is 10.6 Å². The maximum absolute atomic E-state index is 13.1. The molecule has 1 aromatic carbocycles. The fourth-order valence-electron chi connectivity index (χ4n) is 4.09. The number of amides is 1. The van der Waals surface area contributed by atoms with Gasteiger partial charge in [0.1, 0.15) is 14.7 Å². The summed E-state index contributed by atoms with van der Waals surface area (Å²) in [6, 6.07) is 10.4. The highest BCUT2D eigenvalue weighted by atomic mass is 32.2. The summed E-state index contributed by atoms with van der Waals surface area (Å²) >= 11 is 3.09. The summed E-state index contributed by atoms with van der Waals surface area (Å²) in [5.74, 6) is 1.60. The van der Waals surface area contributed by atoms with Gasteiger partial charge in [0.25, 0.3) is 5.91 Å². The number of anilines is 2. The molecular formula is C22H25N5OS2. The van der Waals surface area contributed by atoms with Gasteiger partial charge in [-0.1, -0.05) is 30.3 Å². The maximum Gasteiger partial charge on any atom is 0.266 e. The van der Waals surface area contributed by atoms with E-state index < -0.39 is 0 Å². The van der Waals surface area contributed by atoms with Crippen molar-refractivity contribution >= 4 is 50.9 Å². The van der Waals surface area contributed by atoms with Gasteiger partial charge in [-0.3, -0.25) is 4.79 Å². The molecule has 0 atom stereocenters. The standard InChI is InChI=1S/C22H25N5OS2/c23-17-16-19(29-14-15-8-2-1-3-9-15)24-22(27-12-6-7-13-27)25-20(16)30-18(17)21(28)26-10-4-5-11-26/h1-3,8-9H,4-7,10-14,23H2. The van der Waals surface area contributed by atoms with Crippen molar-refractivity contribution in [3.63, 3.8) is 0 Å². The van der Waals surface area contributed by atoms with Crippen LogP contribution in [-0.2, 0) is 5.75 Å². The van der Waals surface area contributed by atoms with E-state index in [-0.39, 0.29) is 5.91 Å².